The molecule has 0 aromatic heterocycles. The van der Waals surface area contributed by atoms with Gasteiger partial charge in [-0.15, -0.1) is 0 Å². The van der Waals surface area contributed by atoms with Crippen LogP contribution < -0.4 is 5.32 Å². The van der Waals surface area contributed by atoms with E-state index in [0.29, 0.717) is 16.7 Å². The van der Waals surface area contributed by atoms with Crippen LogP contribution in [0.5, 0.6) is 11.5 Å². The summed E-state index contributed by atoms with van der Waals surface area (Å²) in [6.07, 6.45) is 2.20. The number of phenolic OH excluding ortho intramolecular Hbond substituents is 2. The molecule has 2 aromatic rings. The van der Waals surface area contributed by atoms with Crippen LogP contribution >= 0.6 is 0 Å². The fourth-order valence-corrected chi connectivity index (χ4v) is 6.99. The number of aromatic hydroxyl groups is 2. The minimum atomic E-state index is -3.83. The Morgan fingerprint density at radius 1 is 1.02 bits per heavy atom. The number of amides is 2. The van der Waals surface area contributed by atoms with E-state index in [-0.39, 0.29) is 81.0 Å². The molecule has 3 heterocycles. The topological polar surface area (TPSA) is 160 Å². The first-order valence-electron chi connectivity index (χ1n) is 14.1. The molecule has 0 saturated carbocycles. The van der Waals surface area contributed by atoms with Gasteiger partial charge in [0, 0.05) is 42.7 Å². The van der Waals surface area contributed by atoms with Gasteiger partial charge >= 0.3 is 0 Å². The molecule has 2 aromatic carbocycles. The number of carbonyl (C=O) groups excluding carboxylic acids is 2. The number of likely N-dealkylation sites (tertiary alicyclic amines) is 1. The molecular formula is C30H35FN4O7S. The van der Waals surface area contributed by atoms with Gasteiger partial charge in [0.25, 0.3) is 11.8 Å². The Bertz CT molecular complexity index is 1600. The van der Waals surface area contributed by atoms with Gasteiger partial charge in [-0.25, -0.2) is 12.8 Å². The van der Waals surface area contributed by atoms with Crippen molar-refractivity contribution < 1.29 is 37.7 Å². The molecule has 0 unspecified atom stereocenters. The number of nitrogens with one attached hydrogen (secondary N) is 1. The maximum absolute atomic E-state index is 13.2. The lowest BCUT2D eigenvalue weighted by molar-refractivity contribution is -0.124. The molecule has 2 saturated heterocycles. The predicted molar refractivity (Wildman–Crippen MR) is 158 cm³/mol. The Morgan fingerprint density at radius 2 is 1.65 bits per heavy atom. The normalized spacial score (nSPS) is 20.4. The Morgan fingerprint density at radius 3 is 2.23 bits per heavy atom. The minimum absolute atomic E-state index is 0.0798. The Kier molecular flexibility index (Phi) is 8.09. The molecule has 0 radical (unpaired) electrons. The number of nitrogens with zero attached hydrogens (tertiary/aromatic N) is 3. The van der Waals surface area contributed by atoms with Crippen LogP contribution in [0.3, 0.4) is 0 Å². The van der Waals surface area contributed by atoms with Gasteiger partial charge in [0.05, 0.1) is 5.60 Å². The Balaban J connectivity index is 1.25. The van der Waals surface area contributed by atoms with E-state index in [9.17, 15) is 37.7 Å². The number of alkyl halides is 1. The highest BCUT2D eigenvalue weighted by Gasteiger charge is 2.47. The van der Waals surface area contributed by atoms with Gasteiger partial charge in [-0.05, 0) is 92.6 Å². The monoisotopic (exact) mass is 614 g/mol. The second kappa shape index (κ2) is 11.4. The molecule has 5 rings (SSSR count). The summed E-state index contributed by atoms with van der Waals surface area (Å²) in [6, 6.07) is 7.51. The maximum Gasteiger partial charge on any atom is 0.253 e. The highest BCUT2D eigenvalue weighted by Crippen LogP contribution is 2.34. The van der Waals surface area contributed by atoms with E-state index in [1.165, 1.54) is 28.6 Å². The van der Waals surface area contributed by atoms with E-state index in [1.807, 2.05) is 0 Å². The first kappa shape index (κ1) is 30.6. The van der Waals surface area contributed by atoms with Gasteiger partial charge < -0.3 is 25.5 Å². The van der Waals surface area contributed by atoms with Crippen molar-refractivity contribution in [1.82, 2.24) is 14.5 Å². The average molecular weight is 615 g/mol. The third kappa shape index (κ3) is 6.01. The van der Waals surface area contributed by atoms with Gasteiger partial charge in [-0.3, -0.25) is 14.6 Å². The van der Waals surface area contributed by atoms with Crippen LogP contribution in [-0.4, -0.2) is 94.6 Å². The highest BCUT2D eigenvalue weighted by atomic mass is 32.2. The number of rotatable bonds is 6. The summed E-state index contributed by atoms with van der Waals surface area (Å²) < 4.78 is 40.8. The van der Waals surface area contributed by atoms with Crippen LogP contribution in [0.15, 0.2) is 40.7 Å². The lowest BCUT2D eigenvalue weighted by atomic mass is 9.89. The number of sulfonamides is 1. The van der Waals surface area contributed by atoms with Gasteiger partial charge in [0.2, 0.25) is 10.0 Å². The highest BCUT2D eigenvalue weighted by molar-refractivity contribution is 7.92. The first-order valence-corrected chi connectivity index (χ1v) is 15.6. The molecule has 0 atom stereocenters. The SMILES string of the molecule is Cc1cc(C(=O)N2CCC(O)(CF)CC2)cc(C)c1/C=C/S(=O)(=O)N1CCC2(CC1)N=C(c1ccc(O)c(O)c1)NC2=O. The number of benzene rings is 2. The van der Waals surface area contributed by atoms with Crippen LogP contribution in [0.1, 0.15) is 58.3 Å². The molecule has 0 aliphatic carbocycles. The summed E-state index contributed by atoms with van der Waals surface area (Å²) >= 11 is 0. The lowest BCUT2D eigenvalue weighted by Crippen LogP contribution is -2.50. The molecule has 3 aliphatic rings. The first-order chi connectivity index (χ1) is 20.3. The van der Waals surface area contributed by atoms with E-state index in [1.54, 1.807) is 30.9 Å². The smallest absolute Gasteiger partial charge is 0.253 e. The van der Waals surface area contributed by atoms with Crippen molar-refractivity contribution in [3.63, 3.8) is 0 Å². The molecule has 2 fully saturated rings. The van der Waals surface area contributed by atoms with Gasteiger partial charge in [0.1, 0.15) is 18.0 Å². The van der Waals surface area contributed by atoms with Crippen molar-refractivity contribution in [2.45, 2.75) is 50.7 Å². The summed E-state index contributed by atoms with van der Waals surface area (Å²) in [7, 11) is -3.83. The minimum Gasteiger partial charge on any atom is -0.504 e. The third-order valence-corrected chi connectivity index (χ3v) is 10.2. The number of aliphatic hydroxyl groups is 1. The number of amidine groups is 1. The number of hydrogen-bond acceptors (Lipinski definition) is 8. The van der Waals surface area contributed by atoms with Crippen molar-refractivity contribution in [3.8, 4) is 11.5 Å². The van der Waals surface area contributed by atoms with Crippen molar-refractivity contribution in [2.75, 3.05) is 32.9 Å². The molecule has 0 bridgehead atoms. The Hall–Kier alpha value is -3.81. The molecule has 2 amide bonds. The number of halogens is 1. The molecule has 3 aliphatic heterocycles. The van der Waals surface area contributed by atoms with E-state index >= 15 is 0 Å². The average Bonchev–Trinajstić information content (AvgIpc) is 3.29. The summed E-state index contributed by atoms with van der Waals surface area (Å²) in [4.78, 5) is 32.1. The number of hydrogen-bond donors (Lipinski definition) is 4. The maximum atomic E-state index is 13.2. The molecular weight excluding hydrogens is 579 g/mol. The zero-order valence-electron chi connectivity index (χ0n) is 24.0. The summed E-state index contributed by atoms with van der Waals surface area (Å²) in [5.74, 6) is -0.943. The van der Waals surface area contributed by atoms with Crippen LogP contribution in [0.2, 0.25) is 0 Å². The van der Waals surface area contributed by atoms with E-state index < -0.39 is 27.8 Å². The summed E-state index contributed by atoms with van der Waals surface area (Å²) in [5.41, 5.74) is 0.476. The van der Waals surface area contributed by atoms with Gasteiger partial charge in [0.15, 0.2) is 11.5 Å². The van der Waals surface area contributed by atoms with Crippen LogP contribution in [0.25, 0.3) is 6.08 Å². The fourth-order valence-electron chi connectivity index (χ4n) is 5.82. The second-order valence-electron chi connectivity index (χ2n) is 11.6. The van der Waals surface area contributed by atoms with Crippen LogP contribution in [0, 0.1) is 13.8 Å². The van der Waals surface area contributed by atoms with Crippen molar-refractivity contribution in [2.24, 2.45) is 4.99 Å². The molecule has 43 heavy (non-hydrogen) atoms. The zero-order valence-corrected chi connectivity index (χ0v) is 24.8. The van der Waals surface area contributed by atoms with Crippen LogP contribution in [0.4, 0.5) is 4.39 Å². The van der Waals surface area contributed by atoms with E-state index in [2.05, 4.69) is 10.3 Å². The lowest BCUT2D eigenvalue weighted by Gasteiger charge is -2.36. The molecule has 11 nitrogen and oxygen atoms in total. The van der Waals surface area contributed by atoms with E-state index in [4.69, 9.17) is 0 Å². The standard InChI is InChI=1S/C30H35FN4O7S/c1-19-15-22(27(38)34-10-6-29(40,18-31)7-11-34)16-20(2)23(19)5-14-43(41,42)35-12-8-30(9-13-35)28(39)32-26(33-30)21-3-4-24(36)25(37)17-21/h3-5,14-17,36-37,40H,6-13,18H2,1-2H3,(H,32,33,39)/b14-5+. The number of aryl methyl sites for hydroxylation is 2. The van der Waals surface area contributed by atoms with Crippen molar-refractivity contribution in [1.29, 1.82) is 0 Å². The molecule has 13 heteroatoms. The van der Waals surface area contributed by atoms with Crippen molar-refractivity contribution in [3.05, 3.63) is 63.6 Å². The summed E-state index contributed by atoms with van der Waals surface area (Å²) in [6.45, 7) is 3.41. The van der Waals surface area contributed by atoms with Crippen molar-refractivity contribution >= 4 is 33.7 Å². The zero-order chi connectivity index (χ0) is 31.2. The molecule has 1 spiro atoms. The molecule has 230 valence electrons. The Labute approximate surface area is 249 Å². The largest absolute Gasteiger partial charge is 0.504 e. The summed E-state index contributed by atoms with van der Waals surface area (Å²) in [5, 5.41) is 33.3. The number of aliphatic imine (C=N–C) groups is 1. The van der Waals surface area contributed by atoms with Gasteiger partial charge in [-0.2, -0.15) is 4.31 Å². The third-order valence-electron chi connectivity index (χ3n) is 8.62. The quantitative estimate of drug-likeness (QED) is 0.364. The number of phenols is 2. The van der Waals surface area contributed by atoms with E-state index in [0.717, 1.165) is 16.5 Å². The molecule has 4 N–H and O–H groups in total. The van der Waals surface area contributed by atoms with Gasteiger partial charge in [-0.1, -0.05) is 0 Å². The number of carbonyl (C=O) groups is 2. The number of piperidine rings is 2. The fraction of sp³-hybridized carbons (Fsp3) is 0.433. The second-order valence-corrected chi connectivity index (χ2v) is 13.4. The van der Waals surface area contributed by atoms with Crippen LogP contribution in [-0.2, 0) is 14.8 Å². The predicted octanol–water partition coefficient (Wildman–Crippen LogP) is 2.36.